The summed E-state index contributed by atoms with van der Waals surface area (Å²) in [6, 6.07) is 0.188. The van der Waals surface area contributed by atoms with Crippen LogP contribution in [0.3, 0.4) is 0 Å². The first kappa shape index (κ1) is 14.9. The molecule has 1 N–H and O–H groups in total. The largest absolute Gasteiger partial charge is 0.480 e. The van der Waals surface area contributed by atoms with E-state index in [1.165, 1.54) is 0 Å². The average molecular weight is 258 g/mol. The Morgan fingerprint density at radius 1 is 1.44 bits per heavy atom. The molecule has 1 heterocycles. The lowest BCUT2D eigenvalue weighted by Crippen LogP contribution is -2.63. The first-order chi connectivity index (χ1) is 8.23. The van der Waals surface area contributed by atoms with Crippen LogP contribution in [0.2, 0.25) is 0 Å². The second-order valence-corrected chi connectivity index (χ2v) is 5.38. The summed E-state index contributed by atoms with van der Waals surface area (Å²) >= 11 is 0. The third kappa shape index (κ3) is 3.96. The van der Waals surface area contributed by atoms with E-state index in [-0.39, 0.29) is 18.6 Å². The van der Waals surface area contributed by atoms with E-state index in [4.69, 9.17) is 9.84 Å². The van der Waals surface area contributed by atoms with Crippen LogP contribution in [0.25, 0.3) is 0 Å². The molecular weight excluding hydrogens is 236 g/mol. The summed E-state index contributed by atoms with van der Waals surface area (Å²) in [4.78, 5) is 25.9. The van der Waals surface area contributed by atoms with Gasteiger partial charge in [-0.1, -0.05) is 0 Å². The average Bonchev–Trinajstić information content (AvgIpc) is 2.22. The van der Waals surface area contributed by atoms with Gasteiger partial charge >= 0.3 is 5.97 Å². The summed E-state index contributed by atoms with van der Waals surface area (Å²) in [5.41, 5.74) is -0.435. The molecule has 18 heavy (non-hydrogen) atoms. The van der Waals surface area contributed by atoms with Gasteiger partial charge < -0.3 is 14.7 Å². The van der Waals surface area contributed by atoms with Crippen LogP contribution in [-0.2, 0) is 14.3 Å². The third-order valence-corrected chi connectivity index (χ3v) is 3.19. The zero-order valence-corrected chi connectivity index (χ0v) is 11.5. The van der Waals surface area contributed by atoms with Crippen molar-refractivity contribution in [2.24, 2.45) is 0 Å². The van der Waals surface area contributed by atoms with E-state index in [2.05, 4.69) is 0 Å². The van der Waals surface area contributed by atoms with Gasteiger partial charge in [-0.2, -0.15) is 0 Å². The van der Waals surface area contributed by atoms with Gasteiger partial charge in [0, 0.05) is 26.2 Å². The van der Waals surface area contributed by atoms with Gasteiger partial charge in [-0.05, 0) is 20.8 Å². The van der Waals surface area contributed by atoms with Crippen molar-refractivity contribution in [2.45, 2.75) is 32.4 Å². The van der Waals surface area contributed by atoms with Gasteiger partial charge in [0.15, 0.2) is 0 Å². The van der Waals surface area contributed by atoms with Crippen molar-refractivity contribution < 1.29 is 19.4 Å². The van der Waals surface area contributed by atoms with Gasteiger partial charge in [0.1, 0.15) is 6.61 Å². The summed E-state index contributed by atoms with van der Waals surface area (Å²) in [6.45, 7) is 7.06. The second kappa shape index (κ2) is 5.67. The number of aliphatic carboxylic acids is 1. The highest BCUT2D eigenvalue weighted by molar-refractivity contribution is 5.78. The molecule has 0 aromatic heterocycles. The molecule has 0 bridgehead atoms. The molecule has 0 atom stereocenters. The summed E-state index contributed by atoms with van der Waals surface area (Å²) in [7, 11) is 1.78. The van der Waals surface area contributed by atoms with Crippen LogP contribution in [0.15, 0.2) is 0 Å². The Bertz CT molecular complexity index is 324. The number of amides is 1. The number of hydrogen-bond donors (Lipinski definition) is 1. The van der Waals surface area contributed by atoms with Crippen LogP contribution in [0.4, 0.5) is 0 Å². The van der Waals surface area contributed by atoms with Gasteiger partial charge in [0.2, 0.25) is 5.91 Å². The van der Waals surface area contributed by atoms with Crippen LogP contribution in [-0.4, -0.2) is 71.7 Å². The molecule has 0 aromatic carbocycles. The third-order valence-electron chi connectivity index (χ3n) is 3.19. The van der Waals surface area contributed by atoms with Crippen molar-refractivity contribution in [2.75, 3.05) is 33.3 Å². The zero-order chi connectivity index (χ0) is 13.9. The van der Waals surface area contributed by atoms with Crippen molar-refractivity contribution in [1.29, 1.82) is 0 Å². The number of likely N-dealkylation sites (tertiary alicyclic amines) is 1. The number of hydrogen-bond acceptors (Lipinski definition) is 4. The van der Waals surface area contributed by atoms with E-state index < -0.39 is 11.6 Å². The monoisotopic (exact) mass is 258 g/mol. The van der Waals surface area contributed by atoms with Crippen molar-refractivity contribution >= 4 is 11.9 Å². The Morgan fingerprint density at radius 2 is 2.00 bits per heavy atom. The highest BCUT2D eigenvalue weighted by Crippen LogP contribution is 2.24. The summed E-state index contributed by atoms with van der Waals surface area (Å²) in [6.07, 6.45) is 0. The minimum Gasteiger partial charge on any atom is -0.480 e. The van der Waals surface area contributed by atoms with Gasteiger partial charge in [-0.3, -0.25) is 9.69 Å². The Morgan fingerprint density at radius 3 is 2.44 bits per heavy atom. The lowest BCUT2D eigenvalue weighted by molar-refractivity contribution is -0.167. The molecular formula is C12H22N2O4. The van der Waals surface area contributed by atoms with Gasteiger partial charge in [0.05, 0.1) is 12.1 Å². The van der Waals surface area contributed by atoms with Crippen LogP contribution in [0.1, 0.15) is 20.8 Å². The van der Waals surface area contributed by atoms with Gasteiger partial charge in [-0.25, -0.2) is 4.79 Å². The highest BCUT2D eigenvalue weighted by Gasteiger charge is 2.41. The quantitative estimate of drug-likeness (QED) is 0.728. The number of ether oxygens (including phenoxy) is 1. The molecule has 0 spiro atoms. The first-order valence-electron chi connectivity index (χ1n) is 6.07. The lowest BCUT2D eigenvalue weighted by atomic mass is 9.96. The minimum atomic E-state index is -0.967. The smallest absolute Gasteiger partial charge is 0.329 e. The SMILES string of the molecule is CC(C)N(C)C(=O)CN1CC(C)(OCC(=O)O)C1. The summed E-state index contributed by atoms with van der Waals surface area (Å²) < 4.78 is 5.28. The van der Waals surface area contributed by atoms with E-state index in [0.717, 1.165) is 0 Å². The standard InChI is InChI=1S/C12H22N2O4/c1-9(2)13(4)10(15)5-14-7-12(3,8-14)18-6-11(16)17/h9H,5-8H2,1-4H3,(H,16,17). The number of carbonyl (C=O) groups excluding carboxylic acids is 1. The predicted octanol–water partition coefficient (Wildman–Crippen LogP) is 0.0287. The van der Waals surface area contributed by atoms with E-state index in [1.54, 1.807) is 11.9 Å². The second-order valence-electron chi connectivity index (χ2n) is 5.38. The van der Waals surface area contributed by atoms with E-state index in [0.29, 0.717) is 19.6 Å². The molecule has 0 radical (unpaired) electrons. The minimum absolute atomic E-state index is 0.0743. The number of carboxylic acid groups (broad SMARTS) is 1. The Kier molecular flexibility index (Phi) is 4.70. The molecule has 1 amide bonds. The van der Waals surface area contributed by atoms with E-state index in [9.17, 15) is 9.59 Å². The molecule has 104 valence electrons. The molecule has 1 saturated heterocycles. The van der Waals surface area contributed by atoms with E-state index >= 15 is 0 Å². The Labute approximate surface area is 107 Å². The molecule has 6 nitrogen and oxygen atoms in total. The lowest BCUT2D eigenvalue weighted by Gasteiger charge is -2.47. The molecule has 0 unspecified atom stereocenters. The molecule has 0 saturated carbocycles. The number of rotatable bonds is 6. The number of carbonyl (C=O) groups is 2. The Balaban J connectivity index is 2.30. The molecule has 1 aliphatic heterocycles. The maximum atomic E-state index is 11.8. The van der Waals surface area contributed by atoms with Crippen molar-refractivity contribution in [3.63, 3.8) is 0 Å². The van der Waals surface area contributed by atoms with Crippen LogP contribution < -0.4 is 0 Å². The number of nitrogens with zero attached hydrogens (tertiary/aromatic N) is 2. The fourth-order valence-corrected chi connectivity index (χ4v) is 1.93. The first-order valence-corrected chi connectivity index (χ1v) is 6.07. The van der Waals surface area contributed by atoms with Crippen LogP contribution in [0.5, 0.6) is 0 Å². The van der Waals surface area contributed by atoms with Crippen LogP contribution in [0, 0.1) is 0 Å². The molecule has 1 rings (SSSR count). The van der Waals surface area contributed by atoms with Gasteiger partial charge in [0.25, 0.3) is 0 Å². The molecule has 6 heteroatoms. The van der Waals surface area contributed by atoms with Crippen LogP contribution >= 0.6 is 0 Å². The fourth-order valence-electron chi connectivity index (χ4n) is 1.93. The van der Waals surface area contributed by atoms with E-state index in [1.807, 2.05) is 25.7 Å². The van der Waals surface area contributed by atoms with Crippen molar-refractivity contribution in [1.82, 2.24) is 9.80 Å². The summed E-state index contributed by atoms with van der Waals surface area (Å²) in [5, 5.41) is 8.54. The molecule has 0 aromatic rings. The molecule has 1 aliphatic rings. The molecule has 1 fully saturated rings. The number of carboxylic acids is 1. The van der Waals surface area contributed by atoms with Gasteiger partial charge in [-0.15, -0.1) is 0 Å². The fraction of sp³-hybridized carbons (Fsp3) is 0.833. The zero-order valence-electron chi connectivity index (χ0n) is 11.5. The topological polar surface area (TPSA) is 70.1 Å². The normalized spacial score (nSPS) is 18.5. The maximum Gasteiger partial charge on any atom is 0.329 e. The van der Waals surface area contributed by atoms with Crippen molar-refractivity contribution in [3.05, 3.63) is 0 Å². The van der Waals surface area contributed by atoms with Crippen molar-refractivity contribution in [3.8, 4) is 0 Å². The molecule has 0 aliphatic carbocycles. The predicted molar refractivity (Wildman–Crippen MR) is 66.3 cm³/mol. The Hall–Kier alpha value is -1.14. The highest BCUT2D eigenvalue weighted by atomic mass is 16.5. The summed E-state index contributed by atoms with van der Waals surface area (Å²) in [5.74, 6) is -0.893. The maximum absolute atomic E-state index is 11.8. The number of likely N-dealkylation sites (N-methyl/N-ethyl adjacent to an activating group) is 1.